The van der Waals surface area contributed by atoms with Gasteiger partial charge in [-0.1, -0.05) is 54.6 Å². The molecule has 0 aliphatic carbocycles. The van der Waals surface area contributed by atoms with Gasteiger partial charge in [-0.05, 0) is 28.5 Å². The summed E-state index contributed by atoms with van der Waals surface area (Å²) in [6, 6.07) is 20.9. The molecule has 1 amide bonds. The van der Waals surface area contributed by atoms with Crippen molar-refractivity contribution < 1.29 is 23.8 Å². The number of fused-ring (bicyclic) bond motifs is 1. The molecule has 1 N–H and O–H groups in total. The summed E-state index contributed by atoms with van der Waals surface area (Å²) in [6.07, 6.45) is 0.117. The van der Waals surface area contributed by atoms with Crippen LogP contribution in [-0.2, 0) is 20.7 Å². The number of hydrogen-bond donors (Lipinski definition) is 1. The molecule has 0 saturated carbocycles. The first kappa shape index (κ1) is 20.2. The summed E-state index contributed by atoms with van der Waals surface area (Å²) in [5.74, 6) is 0.411. The summed E-state index contributed by atoms with van der Waals surface area (Å²) < 4.78 is 15.9. The number of benzene rings is 3. The lowest BCUT2D eigenvalue weighted by Crippen LogP contribution is -2.32. The van der Waals surface area contributed by atoms with Gasteiger partial charge in [0.05, 0.1) is 20.1 Å². The Balaban J connectivity index is 1.39. The van der Waals surface area contributed by atoms with Crippen LogP contribution in [0.3, 0.4) is 0 Å². The van der Waals surface area contributed by atoms with Gasteiger partial charge >= 0.3 is 5.97 Å². The summed E-state index contributed by atoms with van der Waals surface area (Å²) in [4.78, 5) is 24.0. The highest BCUT2D eigenvalue weighted by Crippen LogP contribution is 2.25. The topological polar surface area (TPSA) is 73.9 Å². The van der Waals surface area contributed by atoms with Crippen LogP contribution in [0, 0.1) is 0 Å². The first-order chi connectivity index (χ1) is 14.2. The third kappa shape index (κ3) is 5.72. The van der Waals surface area contributed by atoms with Crippen molar-refractivity contribution in [2.75, 3.05) is 26.9 Å². The number of nitrogens with one attached hydrogen (secondary N) is 1. The van der Waals surface area contributed by atoms with E-state index in [9.17, 15) is 9.59 Å². The highest BCUT2D eigenvalue weighted by Gasteiger charge is 2.10. The summed E-state index contributed by atoms with van der Waals surface area (Å²) in [5.41, 5.74) is 0.874. The van der Waals surface area contributed by atoms with Gasteiger partial charge in [0, 0.05) is 0 Å². The molecule has 0 atom stereocenters. The third-order valence-electron chi connectivity index (χ3n) is 4.33. The van der Waals surface area contributed by atoms with Gasteiger partial charge in [0.15, 0.2) is 18.1 Å². The molecule has 0 unspecified atom stereocenters. The molecule has 0 radical (unpaired) electrons. The zero-order chi connectivity index (χ0) is 20.5. The maximum absolute atomic E-state index is 12.1. The van der Waals surface area contributed by atoms with Crippen molar-refractivity contribution in [3.05, 3.63) is 72.3 Å². The van der Waals surface area contributed by atoms with Gasteiger partial charge in [-0.2, -0.15) is 0 Å². The smallest absolute Gasteiger partial charge is 0.310 e. The van der Waals surface area contributed by atoms with E-state index >= 15 is 0 Å². The van der Waals surface area contributed by atoms with Crippen molar-refractivity contribution in [3.8, 4) is 11.5 Å². The number of ether oxygens (including phenoxy) is 3. The van der Waals surface area contributed by atoms with Crippen molar-refractivity contribution in [3.63, 3.8) is 0 Å². The van der Waals surface area contributed by atoms with E-state index in [1.54, 1.807) is 19.2 Å². The fourth-order valence-corrected chi connectivity index (χ4v) is 2.94. The van der Waals surface area contributed by atoms with Gasteiger partial charge < -0.3 is 19.5 Å². The molecule has 0 bridgehead atoms. The van der Waals surface area contributed by atoms with E-state index in [1.165, 1.54) is 0 Å². The molecule has 3 rings (SSSR count). The minimum atomic E-state index is -0.443. The molecule has 0 fully saturated rings. The van der Waals surface area contributed by atoms with E-state index < -0.39 is 5.97 Å². The van der Waals surface area contributed by atoms with Crippen molar-refractivity contribution in [1.82, 2.24) is 5.32 Å². The second-order valence-electron chi connectivity index (χ2n) is 6.33. The van der Waals surface area contributed by atoms with Crippen LogP contribution in [0.1, 0.15) is 5.56 Å². The predicted molar refractivity (Wildman–Crippen MR) is 110 cm³/mol. The molecule has 0 spiro atoms. The van der Waals surface area contributed by atoms with Crippen molar-refractivity contribution >= 4 is 22.6 Å². The number of carbonyl (C=O) groups excluding carboxylic acids is 2. The maximum atomic E-state index is 12.1. The SMILES string of the molecule is COc1ccccc1OCCNC(=O)COC(=O)Cc1cccc2ccccc12. The fraction of sp³-hybridized carbons (Fsp3) is 0.217. The van der Waals surface area contributed by atoms with Gasteiger partial charge in [-0.15, -0.1) is 0 Å². The second kappa shape index (κ2) is 10.1. The van der Waals surface area contributed by atoms with E-state index in [4.69, 9.17) is 14.2 Å². The molecule has 0 aliphatic rings. The lowest BCUT2D eigenvalue weighted by Gasteiger charge is -2.11. The molecular weight excluding hydrogens is 370 g/mol. The maximum Gasteiger partial charge on any atom is 0.310 e. The zero-order valence-corrected chi connectivity index (χ0v) is 16.2. The Morgan fingerprint density at radius 2 is 1.62 bits per heavy atom. The molecule has 3 aromatic carbocycles. The lowest BCUT2D eigenvalue weighted by atomic mass is 10.0. The second-order valence-corrected chi connectivity index (χ2v) is 6.33. The van der Waals surface area contributed by atoms with E-state index in [0.29, 0.717) is 11.5 Å². The molecule has 0 aromatic heterocycles. The molecule has 0 heterocycles. The van der Waals surface area contributed by atoms with Crippen molar-refractivity contribution in [2.24, 2.45) is 0 Å². The zero-order valence-electron chi connectivity index (χ0n) is 16.2. The standard InChI is InChI=1S/C23H23NO5/c1-27-20-11-4-5-12-21(20)28-14-13-24-22(25)16-29-23(26)15-18-9-6-8-17-7-2-3-10-19(17)18/h2-12H,13-16H2,1H3,(H,24,25). The van der Waals surface area contributed by atoms with Crippen LogP contribution >= 0.6 is 0 Å². The van der Waals surface area contributed by atoms with Gasteiger partial charge in [0.2, 0.25) is 0 Å². The Kier molecular flexibility index (Phi) is 7.05. The highest BCUT2D eigenvalue weighted by atomic mass is 16.5. The molecule has 0 aliphatic heterocycles. The van der Waals surface area contributed by atoms with Gasteiger partial charge in [-0.25, -0.2) is 0 Å². The first-order valence-electron chi connectivity index (χ1n) is 9.32. The van der Waals surface area contributed by atoms with E-state index in [1.807, 2.05) is 54.6 Å². The molecule has 0 saturated heterocycles. The largest absolute Gasteiger partial charge is 0.493 e. The molecule has 6 nitrogen and oxygen atoms in total. The quantitative estimate of drug-likeness (QED) is 0.447. The summed E-state index contributed by atoms with van der Waals surface area (Å²) in [5, 5.41) is 4.72. The van der Waals surface area contributed by atoms with E-state index in [0.717, 1.165) is 16.3 Å². The van der Waals surface area contributed by atoms with Crippen LogP contribution in [0.25, 0.3) is 10.8 Å². The monoisotopic (exact) mass is 393 g/mol. The lowest BCUT2D eigenvalue weighted by molar-refractivity contribution is -0.147. The van der Waals surface area contributed by atoms with Gasteiger partial charge in [0.25, 0.3) is 5.91 Å². The normalized spacial score (nSPS) is 10.4. The van der Waals surface area contributed by atoms with Crippen LogP contribution in [0.5, 0.6) is 11.5 Å². The van der Waals surface area contributed by atoms with Crippen molar-refractivity contribution in [1.29, 1.82) is 0 Å². The van der Waals surface area contributed by atoms with Crippen LogP contribution in [0.15, 0.2) is 66.7 Å². The molecule has 3 aromatic rings. The van der Waals surface area contributed by atoms with Crippen molar-refractivity contribution in [2.45, 2.75) is 6.42 Å². The number of hydrogen-bond acceptors (Lipinski definition) is 5. The molecule has 150 valence electrons. The van der Waals surface area contributed by atoms with Crippen LogP contribution in [-0.4, -0.2) is 38.7 Å². The molecule has 29 heavy (non-hydrogen) atoms. The number of esters is 1. The number of rotatable bonds is 9. The number of methoxy groups -OCH3 is 1. The summed E-state index contributed by atoms with van der Waals surface area (Å²) in [7, 11) is 1.57. The summed E-state index contributed by atoms with van der Waals surface area (Å²) >= 11 is 0. The van der Waals surface area contributed by atoms with E-state index in [-0.39, 0.29) is 32.1 Å². The fourth-order valence-electron chi connectivity index (χ4n) is 2.94. The average Bonchev–Trinajstić information content (AvgIpc) is 2.76. The minimum absolute atomic E-state index is 0.117. The first-order valence-corrected chi connectivity index (χ1v) is 9.32. The predicted octanol–water partition coefficient (Wildman–Crippen LogP) is 3.13. The Morgan fingerprint density at radius 3 is 2.45 bits per heavy atom. The number of carbonyl (C=O) groups is 2. The molecular formula is C23H23NO5. The Labute approximate surface area is 169 Å². The highest BCUT2D eigenvalue weighted by molar-refractivity contribution is 5.89. The van der Waals surface area contributed by atoms with Gasteiger partial charge in [0.1, 0.15) is 6.61 Å². The number of amides is 1. The van der Waals surface area contributed by atoms with Crippen LogP contribution in [0.4, 0.5) is 0 Å². The van der Waals surface area contributed by atoms with Crippen LogP contribution in [0.2, 0.25) is 0 Å². The minimum Gasteiger partial charge on any atom is -0.493 e. The Bertz CT molecular complexity index is 980. The third-order valence-corrected chi connectivity index (χ3v) is 4.33. The molecule has 6 heteroatoms. The Morgan fingerprint density at radius 1 is 0.897 bits per heavy atom. The Hall–Kier alpha value is -3.54. The van der Waals surface area contributed by atoms with E-state index in [2.05, 4.69) is 5.32 Å². The van der Waals surface area contributed by atoms with Gasteiger partial charge in [-0.3, -0.25) is 9.59 Å². The average molecular weight is 393 g/mol. The van der Waals surface area contributed by atoms with Crippen LogP contribution < -0.4 is 14.8 Å². The number of para-hydroxylation sites is 2. The summed E-state index contributed by atoms with van der Waals surface area (Å²) in [6.45, 7) is 0.242.